The van der Waals surface area contributed by atoms with Crippen molar-refractivity contribution < 1.29 is 9.53 Å². The molecule has 0 fully saturated rings. The number of ether oxygens (including phenoxy) is 1. The number of hydrogen-bond donors (Lipinski definition) is 1. The lowest BCUT2D eigenvalue weighted by Crippen LogP contribution is -2.42. The molecule has 0 aliphatic carbocycles. The van der Waals surface area contributed by atoms with Gasteiger partial charge in [-0.2, -0.15) is 0 Å². The largest absolute Gasteiger partial charge is 0.493 e. The van der Waals surface area contributed by atoms with E-state index in [0.29, 0.717) is 17.2 Å². The fraction of sp³-hybridized carbons (Fsp3) is 0.385. The predicted molar refractivity (Wildman–Crippen MR) is 74.0 cm³/mol. The predicted octanol–water partition coefficient (Wildman–Crippen LogP) is 1.37. The number of thiocarbonyl (C=S) groups is 1. The van der Waals surface area contributed by atoms with Crippen LogP contribution in [0, 0.1) is 0 Å². The Morgan fingerprint density at radius 2 is 2.28 bits per heavy atom. The van der Waals surface area contributed by atoms with Crippen LogP contribution in [0.3, 0.4) is 0 Å². The molecule has 1 unspecified atom stereocenters. The SMILES string of the molecule is CC(C(N)=S)N(C)C(=O)c1ccc2c(c1)CCO2. The maximum atomic E-state index is 12.3. The summed E-state index contributed by atoms with van der Waals surface area (Å²) in [4.78, 5) is 14.1. The minimum absolute atomic E-state index is 0.0787. The van der Waals surface area contributed by atoms with Crippen LogP contribution in [0.5, 0.6) is 5.75 Å². The molecule has 1 aromatic rings. The number of carbonyl (C=O) groups is 1. The van der Waals surface area contributed by atoms with Gasteiger partial charge in [-0.15, -0.1) is 0 Å². The Morgan fingerprint density at radius 3 is 2.94 bits per heavy atom. The zero-order valence-corrected chi connectivity index (χ0v) is 11.3. The molecule has 1 heterocycles. The van der Waals surface area contributed by atoms with Gasteiger partial charge in [0.1, 0.15) is 5.75 Å². The summed E-state index contributed by atoms with van der Waals surface area (Å²) in [6.45, 7) is 2.50. The minimum Gasteiger partial charge on any atom is -0.493 e. The van der Waals surface area contributed by atoms with Crippen LogP contribution in [-0.4, -0.2) is 35.5 Å². The van der Waals surface area contributed by atoms with Crippen molar-refractivity contribution in [1.29, 1.82) is 0 Å². The molecule has 1 amide bonds. The van der Waals surface area contributed by atoms with Gasteiger partial charge >= 0.3 is 0 Å². The van der Waals surface area contributed by atoms with Gasteiger partial charge in [-0.1, -0.05) is 12.2 Å². The fourth-order valence-electron chi connectivity index (χ4n) is 1.89. The zero-order chi connectivity index (χ0) is 13.3. The van der Waals surface area contributed by atoms with Gasteiger partial charge in [-0.05, 0) is 30.7 Å². The number of hydrogen-bond acceptors (Lipinski definition) is 3. The van der Waals surface area contributed by atoms with Crippen LogP contribution in [0.25, 0.3) is 0 Å². The molecule has 0 saturated heterocycles. The van der Waals surface area contributed by atoms with Gasteiger partial charge in [-0.25, -0.2) is 0 Å². The highest BCUT2D eigenvalue weighted by Gasteiger charge is 2.21. The molecule has 2 rings (SSSR count). The topological polar surface area (TPSA) is 55.6 Å². The Bertz CT molecular complexity index is 502. The lowest BCUT2D eigenvalue weighted by Gasteiger charge is -2.24. The maximum Gasteiger partial charge on any atom is 0.254 e. The van der Waals surface area contributed by atoms with Crippen LogP contribution >= 0.6 is 12.2 Å². The molecule has 0 bridgehead atoms. The van der Waals surface area contributed by atoms with Crippen molar-refractivity contribution in [2.75, 3.05) is 13.7 Å². The van der Waals surface area contributed by atoms with E-state index in [1.165, 1.54) is 0 Å². The first-order valence-corrected chi connectivity index (χ1v) is 6.23. The Morgan fingerprint density at radius 1 is 1.56 bits per heavy atom. The van der Waals surface area contributed by atoms with Crippen molar-refractivity contribution in [2.45, 2.75) is 19.4 Å². The van der Waals surface area contributed by atoms with E-state index >= 15 is 0 Å². The summed E-state index contributed by atoms with van der Waals surface area (Å²) < 4.78 is 5.41. The quantitative estimate of drug-likeness (QED) is 0.838. The van der Waals surface area contributed by atoms with Gasteiger partial charge in [0.15, 0.2) is 0 Å². The lowest BCUT2D eigenvalue weighted by atomic mass is 10.1. The highest BCUT2D eigenvalue weighted by atomic mass is 32.1. The highest BCUT2D eigenvalue weighted by molar-refractivity contribution is 7.80. The molecule has 96 valence electrons. The van der Waals surface area contributed by atoms with E-state index in [2.05, 4.69) is 0 Å². The first-order chi connectivity index (χ1) is 8.50. The number of carbonyl (C=O) groups excluding carboxylic acids is 1. The summed E-state index contributed by atoms with van der Waals surface area (Å²) in [5.41, 5.74) is 7.28. The van der Waals surface area contributed by atoms with Crippen molar-refractivity contribution in [3.63, 3.8) is 0 Å². The van der Waals surface area contributed by atoms with Gasteiger partial charge < -0.3 is 15.4 Å². The van der Waals surface area contributed by atoms with Crippen molar-refractivity contribution in [1.82, 2.24) is 4.90 Å². The number of benzene rings is 1. The Kier molecular flexibility index (Phi) is 3.52. The molecule has 18 heavy (non-hydrogen) atoms. The number of rotatable bonds is 3. The van der Waals surface area contributed by atoms with Crippen molar-refractivity contribution in [3.8, 4) is 5.75 Å². The summed E-state index contributed by atoms with van der Waals surface area (Å²) in [6.07, 6.45) is 0.852. The van der Waals surface area contributed by atoms with E-state index in [1.807, 2.05) is 19.1 Å². The average molecular weight is 264 g/mol. The van der Waals surface area contributed by atoms with Gasteiger partial charge in [0.05, 0.1) is 17.6 Å². The smallest absolute Gasteiger partial charge is 0.254 e. The fourth-order valence-corrected chi connectivity index (χ4v) is 2.05. The number of nitrogens with zero attached hydrogens (tertiary/aromatic N) is 1. The van der Waals surface area contributed by atoms with E-state index in [0.717, 1.165) is 17.7 Å². The molecule has 0 spiro atoms. The number of amides is 1. The van der Waals surface area contributed by atoms with Crippen LogP contribution in [0.2, 0.25) is 0 Å². The number of likely N-dealkylation sites (N-methyl/N-ethyl adjacent to an activating group) is 1. The second kappa shape index (κ2) is 4.94. The molecule has 0 saturated carbocycles. The second-order valence-corrected chi connectivity index (χ2v) is 4.89. The summed E-state index contributed by atoms with van der Waals surface area (Å²) in [5.74, 6) is 0.793. The van der Waals surface area contributed by atoms with Crippen molar-refractivity contribution >= 4 is 23.1 Å². The van der Waals surface area contributed by atoms with Crippen LogP contribution in [-0.2, 0) is 6.42 Å². The second-order valence-electron chi connectivity index (χ2n) is 4.42. The van der Waals surface area contributed by atoms with Crippen LogP contribution in [0.1, 0.15) is 22.8 Å². The number of fused-ring (bicyclic) bond motifs is 1. The molecule has 1 aliphatic heterocycles. The van der Waals surface area contributed by atoms with E-state index < -0.39 is 0 Å². The van der Waals surface area contributed by atoms with Gasteiger partial charge in [0.25, 0.3) is 5.91 Å². The van der Waals surface area contributed by atoms with E-state index in [4.69, 9.17) is 22.7 Å². The molecule has 0 radical (unpaired) electrons. The Hall–Kier alpha value is -1.62. The third-order valence-electron chi connectivity index (χ3n) is 3.25. The van der Waals surface area contributed by atoms with Crippen LogP contribution < -0.4 is 10.5 Å². The molecular weight excluding hydrogens is 248 g/mol. The monoisotopic (exact) mass is 264 g/mol. The normalized spacial score (nSPS) is 14.6. The molecule has 4 nitrogen and oxygen atoms in total. The molecule has 2 N–H and O–H groups in total. The molecule has 5 heteroatoms. The molecule has 1 aromatic carbocycles. The van der Waals surface area contributed by atoms with Crippen molar-refractivity contribution in [3.05, 3.63) is 29.3 Å². The summed E-state index contributed by atoms with van der Waals surface area (Å²) in [7, 11) is 1.70. The van der Waals surface area contributed by atoms with Crippen LogP contribution in [0.4, 0.5) is 0 Å². The maximum absolute atomic E-state index is 12.3. The van der Waals surface area contributed by atoms with Gasteiger partial charge in [-0.3, -0.25) is 4.79 Å². The van der Waals surface area contributed by atoms with Crippen LogP contribution in [0.15, 0.2) is 18.2 Å². The van der Waals surface area contributed by atoms with E-state index in [-0.39, 0.29) is 11.9 Å². The molecule has 1 aliphatic rings. The first-order valence-electron chi connectivity index (χ1n) is 5.83. The first kappa shape index (κ1) is 12.8. The Labute approximate surface area is 112 Å². The third kappa shape index (κ3) is 2.31. The lowest BCUT2D eigenvalue weighted by molar-refractivity contribution is 0.0779. The number of nitrogens with two attached hydrogens (primary N) is 1. The zero-order valence-electron chi connectivity index (χ0n) is 10.5. The van der Waals surface area contributed by atoms with Gasteiger partial charge in [0, 0.05) is 19.0 Å². The highest BCUT2D eigenvalue weighted by Crippen LogP contribution is 2.26. The van der Waals surface area contributed by atoms with Gasteiger partial charge in [0.2, 0.25) is 0 Å². The molecule has 0 aromatic heterocycles. The van der Waals surface area contributed by atoms with Crippen molar-refractivity contribution in [2.24, 2.45) is 5.73 Å². The molecular formula is C13H16N2O2S. The Balaban J connectivity index is 2.21. The minimum atomic E-state index is -0.253. The summed E-state index contributed by atoms with van der Waals surface area (Å²) >= 11 is 4.91. The van der Waals surface area contributed by atoms with E-state index in [9.17, 15) is 4.79 Å². The average Bonchev–Trinajstić information content (AvgIpc) is 2.82. The third-order valence-corrected chi connectivity index (χ3v) is 3.59. The summed E-state index contributed by atoms with van der Waals surface area (Å²) in [5, 5.41) is 0. The standard InChI is InChI=1S/C13H16N2O2S/c1-8(12(14)18)15(2)13(16)10-3-4-11-9(7-10)5-6-17-11/h3-4,7-8H,5-6H2,1-2H3,(H2,14,18). The summed E-state index contributed by atoms with van der Waals surface area (Å²) in [6, 6.07) is 5.24. The van der Waals surface area contributed by atoms with E-state index in [1.54, 1.807) is 18.0 Å². The molecule has 1 atom stereocenters.